The van der Waals surface area contributed by atoms with E-state index in [1.165, 1.54) is 0 Å². The highest BCUT2D eigenvalue weighted by Crippen LogP contribution is 2.15. The number of hydrogen-bond acceptors (Lipinski definition) is 4. The molecule has 0 N–H and O–H groups in total. The molecule has 0 bridgehead atoms. The Labute approximate surface area is 130 Å². The largest absolute Gasteiger partial charge is 0.465 e. The highest BCUT2D eigenvalue weighted by atomic mass is 16.7. The van der Waals surface area contributed by atoms with Crippen molar-refractivity contribution >= 4 is 5.97 Å². The molecule has 0 radical (unpaired) electrons. The van der Waals surface area contributed by atoms with E-state index < -0.39 is 0 Å². The average Bonchev–Trinajstić information content (AvgIpc) is 2.54. The Kier molecular flexibility index (Phi) is 5.98. The zero-order chi connectivity index (χ0) is 15.8. The van der Waals surface area contributed by atoms with Crippen LogP contribution in [0.5, 0.6) is 5.75 Å². The van der Waals surface area contributed by atoms with E-state index in [0.717, 1.165) is 5.56 Å². The Balaban J connectivity index is 1.88. The molecule has 0 aromatic heterocycles. The molecule has 0 heterocycles. The Bertz CT molecular complexity index is 578. The Morgan fingerprint density at radius 1 is 1.05 bits per heavy atom. The van der Waals surface area contributed by atoms with Gasteiger partial charge in [-0.05, 0) is 43.7 Å². The quantitative estimate of drug-likeness (QED) is 0.576. The van der Waals surface area contributed by atoms with Crippen LogP contribution in [0.4, 0.5) is 0 Å². The molecule has 2 rings (SSSR count). The minimum atomic E-state index is -0.353. The third-order valence-electron chi connectivity index (χ3n) is 3.01. The van der Waals surface area contributed by atoms with E-state index >= 15 is 0 Å². The number of ether oxygens (including phenoxy) is 3. The fourth-order valence-electron chi connectivity index (χ4n) is 1.94. The standard InChI is InChI=1S/C18H20O4/c1-3-20-14(2)22-17-11-9-16(10-12-17)18(19)21-13-15-7-5-4-6-8-15/h4-12,14H,3,13H2,1-2H3. The van der Waals surface area contributed by atoms with Gasteiger partial charge in [-0.3, -0.25) is 0 Å². The third kappa shape index (κ3) is 4.90. The Hall–Kier alpha value is -2.33. The van der Waals surface area contributed by atoms with Gasteiger partial charge in [-0.2, -0.15) is 0 Å². The third-order valence-corrected chi connectivity index (χ3v) is 3.01. The van der Waals surface area contributed by atoms with Crippen LogP contribution in [0.1, 0.15) is 29.8 Å². The summed E-state index contributed by atoms with van der Waals surface area (Å²) in [7, 11) is 0. The Morgan fingerprint density at radius 3 is 2.36 bits per heavy atom. The molecule has 0 aliphatic heterocycles. The van der Waals surface area contributed by atoms with Crippen molar-refractivity contribution in [1.29, 1.82) is 0 Å². The van der Waals surface area contributed by atoms with Gasteiger partial charge >= 0.3 is 5.97 Å². The molecule has 2 aromatic rings. The lowest BCUT2D eigenvalue weighted by atomic mass is 10.2. The second-order valence-electron chi connectivity index (χ2n) is 4.73. The molecule has 4 heteroatoms. The molecule has 4 nitrogen and oxygen atoms in total. The lowest BCUT2D eigenvalue weighted by molar-refractivity contribution is -0.0613. The first-order valence-corrected chi connectivity index (χ1v) is 7.28. The van der Waals surface area contributed by atoms with E-state index in [0.29, 0.717) is 17.9 Å². The van der Waals surface area contributed by atoms with Crippen molar-refractivity contribution in [2.24, 2.45) is 0 Å². The summed E-state index contributed by atoms with van der Waals surface area (Å²) in [5.41, 5.74) is 1.45. The first-order chi connectivity index (χ1) is 10.7. The monoisotopic (exact) mass is 300 g/mol. The summed E-state index contributed by atoms with van der Waals surface area (Å²) in [6.45, 7) is 4.58. The number of carbonyl (C=O) groups excluding carboxylic acids is 1. The van der Waals surface area contributed by atoms with Gasteiger partial charge < -0.3 is 14.2 Å². The summed E-state index contributed by atoms with van der Waals surface area (Å²) in [5, 5.41) is 0. The molecule has 0 spiro atoms. The smallest absolute Gasteiger partial charge is 0.338 e. The minimum Gasteiger partial charge on any atom is -0.465 e. The molecule has 0 saturated carbocycles. The summed E-state index contributed by atoms with van der Waals surface area (Å²) < 4.78 is 16.1. The molecule has 1 atom stereocenters. The van der Waals surface area contributed by atoms with Crippen LogP contribution in [0, 0.1) is 0 Å². The summed E-state index contributed by atoms with van der Waals surface area (Å²) >= 11 is 0. The van der Waals surface area contributed by atoms with Crippen molar-refractivity contribution < 1.29 is 19.0 Å². The highest BCUT2D eigenvalue weighted by Gasteiger charge is 2.08. The van der Waals surface area contributed by atoms with Crippen molar-refractivity contribution in [1.82, 2.24) is 0 Å². The normalized spacial score (nSPS) is 11.7. The SMILES string of the molecule is CCOC(C)Oc1ccc(C(=O)OCc2ccccc2)cc1. The van der Waals surface area contributed by atoms with Crippen LogP contribution in [-0.2, 0) is 16.1 Å². The molecular formula is C18H20O4. The van der Waals surface area contributed by atoms with Crippen molar-refractivity contribution in [3.05, 3.63) is 65.7 Å². The number of carbonyl (C=O) groups is 1. The molecule has 1 unspecified atom stereocenters. The zero-order valence-corrected chi connectivity index (χ0v) is 12.8. The highest BCUT2D eigenvalue weighted by molar-refractivity contribution is 5.89. The first kappa shape index (κ1) is 16.0. The lowest BCUT2D eigenvalue weighted by Gasteiger charge is -2.14. The van der Waals surface area contributed by atoms with Crippen LogP contribution in [0.25, 0.3) is 0 Å². The molecule has 116 valence electrons. The van der Waals surface area contributed by atoms with Crippen LogP contribution < -0.4 is 4.74 Å². The molecule has 0 aliphatic carbocycles. The summed E-state index contributed by atoms with van der Waals surface area (Å²) in [5.74, 6) is 0.300. The molecule has 0 saturated heterocycles. The zero-order valence-electron chi connectivity index (χ0n) is 12.8. The van der Waals surface area contributed by atoms with Gasteiger partial charge in [0.25, 0.3) is 0 Å². The maximum absolute atomic E-state index is 12.0. The molecule has 0 fully saturated rings. The summed E-state index contributed by atoms with van der Waals surface area (Å²) in [6.07, 6.45) is -0.319. The van der Waals surface area contributed by atoms with Crippen LogP contribution in [-0.4, -0.2) is 18.9 Å². The van der Waals surface area contributed by atoms with E-state index in [1.54, 1.807) is 24.3 Å². The van der Waals surface area contributed by atoms with Gasteiger partial charge in [0.1, 0.15) is 12.4 Å². The van der Waals surface area contributed by atoms with Crippen LogP contribution in [0.3, 0.4) is 0 Å². The maximum atomic E-state index is 12.0. The minimum absolute atomic E-state index is 0.263. The van der Waals surface area contributed by atoms with Crippen molar-refractivity contribution in [2.45, 2.75) is 26.7 Å². The van der Waals surface area contributed by atoms with Crippen LogP contribution in [0.2, 0.25) is 0 Å². The number of benzene rings is 2. The molecule has 0 amide bonds. The Morgan fingerprint density at radius 2 is 1.73 bits per heavy atom. The maximum Gasteiger partial charge on any atom is 0.338 e. The first-order valence-electron chi connectivity index (χ1n) is 7.28. The van der Waals surface area contributed by atoms with Gasteiger partial charge in [-0.25, -0.2) is 4.79 Å². The molecular weight excluding hydrogens is 280 g/mol. The molecule has 22 heavy (non-hydrogen) atoms. The van der Waals surface area contributed by atoms with Gasteiger partial charge in [0, 0.05) is 6.61 Å². The predicted molar refractivity (Wildman–Crippen MR) is 83.7 cm³/mol. The fourth-order valence-corrected chi connectivity index (χ4v) is 1.94. The van der Waals surface area contributed by atoms with Crippen molar-refractivity contribution in [3.63, 3.8) is 0 Å². The van der Waals surface area contributed by atoms with E-state index in [-0.39, 0.29) is 18.9 Å². The predicted octanol–water partition coefficient (Wildman–Crippen LogP) is 3.80. The summed E-state index contributed by atoms with van der Waals surface area (Å²) in [6, 6.07) is 16.4. The van der Waals surface area contributed by atoms with E-state index in [9.17, 15) is 4.79 Å². The van der Waals surface area contributed by atoms with Crippen molar-refractivity contribution in [3.8, 4) is 5.75 Å². The van der Waals surface area contributed by atoms with Crippen LogP contribution in [0.15, 0.2) is 54.6 Å². The fraction of sp³-hybridized carbons (Fsp3) is 0.278. The number of esters is 1. The van der Waals surface area contributed by atoms with Gasteiger partial charge in [-0.15, -0.1) is 0 Å². The van der Waals surface area contributed by atoms with E-state index in [1.807, 2.05) is 44.2 Å². The van der Waals surface area contributed by atoms with Crippen molar-refractivity contribution in [2.75, 3.05) is 6.61 Å². The van der Waals surface area contributed by atoms with Gasteiger partial charge in [0.15, 0.2) is 6.29 Å². The second kappa shape index (κ2) is 8.20. The lowest BCUT2D eigenvalue weighted by Crippen LogP contribution is -2.16. The average molecular weight is 300 g/mol. The molecule has 0 aliphatic rings. The van der Waals surface area contributed by atoms with Gasteiger partial charge in [0.2, 0.25) is 0 Å². The topological polar surface area (TPSA) is 44.8 Å². The van der Waals surface area contributed by atoms with E-state index in [4.69, 9.17) is 14.2 Å². The van der Waals surface area contributed by atoms with Gasteiger partial charge in [0.05, 0.1) is 5.56 Å². The molecule has 2 aromatic carbocycles. The number of rotatable bonds is 7. The number of hydrogen-bond donors (Lipinski definition) is 0. The second-order valence-corrected chi connectivity index (χ2v) is 4.73. The van der Waals surface area contributed by atoms with Crippen LogP contribution >= 0.6 is 0 Å². The summed E-state index contributed by atoms with van der Waals surface area (Å²) in [4.78, 5) is 12.0. The van der Waals surface area contributed by atoms with E-state index in [2.05, 4.69) is 0 Å². The van der Waals surface area contributed by atoms with Gasteiger partial charge in [-0.1, -0.05) is 30.3 Å².